The molecule has 10 heteroatoms. The lowest BCUT2D eigenvalue weighted by atomic mass is 10.4. The van der Waals surface area contributed by atoms with E-state index in [4.69, 9.17) is 0 Å². The number of H-pyrrole nitrogens is 1. The van der Waals surface area contributed by atoms with Gasteiger partial charge in [0.2, 0.25) is 0 Å². The van der Waals surface area contributed by atoms with Gasteiger partial charge in [0.05, 0.1) is 6.54 Å². The quantitative estimate of drug-likeness (QED) is 0.469. The maximum atomic E-state index is 11.9. The van der Waals surface area contributed by atoms with Crippen LogP contribution in [0.5, 0.6) is 0 Å². The van der Waals surface area contributed by atoms with Gasteiger partial charge in [-0.05, 0) is 25.9 Å². The topological polar surface area (TPSA) is 116 Å². The Hall–Kier alpha value is -1.10. The second-order valence-corrected chi connectivity index (χ2v) is 5.94. The highest BCUT2D eigenvalue weighted by Crippen LogP contribution is 1.96. The molecule has 0 amide bonds. The van der Waals surface area contributed by atoms with E-state index in [1.54, 1.807) is 7.05 Å². The molecule has 0 bridgehead atoms. The first kappa shape index (κ1) is 16.0. The van der Waals surface area contributed by atoms with Gasteiger partial charge in [-0.25, -0.2) is 0 Å². The Morgan fingerprint density at radius 1 is 1.37 bits per heavy atom. The lowest BCUT2D eigenvalue weighted by molar-refractivity contribution is 0.443. The van der Waals surface area contributed by atoms with Crippen LogP contribution in [0.2, 0.25) is 0 Å². The fourth-order valence-corrected chi connectivity index (χ4v) is 2.27. The first-order chi connectivity index (χ1) is 9.06. The molecule has 3 N–H and O–H groups in total. The van der Waals surface area contributed by atoms with Crippen LogP contribution < -0.4 is 10.0 Å². The zero-order valence-corrected chi connectivity index (χ0v) is 12.1. The van der Waals surface area contributed by atoms with Gasteiger partial charge in [0, 0.05) is 13.6 Å². The molecule has 0 saturated heterocycles. The minimum Gasteiger partial charge on any atom is -0.317 e. The molecule has 1 rings (SSSR count). The average molecular weight is 291 g/mol. The van der Waals surface area contributed by atoms with Gasteiger partial charge in [0.25, 0.3) is 10.2 Å². The highest BCUT2D eigenvalue weighted by molar-refractivity contribution is 7.87. The van der Waals surface area contributed by atoms with E-state index in [-0.39, 0.29) is 6.54 Å². The van der Waals surface area contributed by atoms with Crippen molar-refractivity contribution in [3.63, 3.8) is 0 Å². The van der Waals surface area contributed by atoms with E-state index in [1.165, 1.54) is 4.31 Å². The molecule has 0 atom stereocenters. The zero-order valence-electron chi connectivity index (χ0n) is 11.3. The van der Waals surface area contributed by atoms with Gasteiger partial charge >= 0.3 is 0 Å². The van der Waals surface area contributed by atoms with Crippen molar-refractivity contribution in [3.8, 4) is 0 Å². The summed E-state index contributed by atoms with van der Waals surface area (Å²) in [7, 11) is -1.96. The van der Waals surface area contributed by atoms with Crippen molar-refractivity contribution < 1.29 is 8.42 Å². The second kappa shape index (κ2) is 8.15. The molecule has 9 nitrogen and oxygen atoms in total. The van der Waals surface area contributed by atoms with Crippen LogP contribution in [0.15, 0.2) is 0 Å². The molecule has 0 spiro atoms. The molecular weight excluding hydrogens is 270 g/mol. The van der Waals surface area contributed by atoms with E-state index in [9.17, 15) is 8.42 Å². The third-order valence-corrected chi connectivity index (χ3v) is 3.98. The van der Waals surface area contributed by atoms with E-state index >= 15 is 0 Å². The SMILES string of the molecule is CCCNCCCN(C)S(=O)(=O)NCc1nn[nH]n1. The molecular formula is C9H21N7O2S. The Morgan fingerprint density at radius 3 is 2.79 bits per heavy atom. The highest BCUT2D eigenvalue weighted by atomic mass is 32.2. The minimum absolute atomic E-state index is 0.0251. The van der Waals surface area contributed by atoms with E-state index < -0.39 is 10.2 Å². The van der Waals surface area contributed by atoms with Crippen molar-refractivity contribution in [3.05, 3.63) is 5.82 Å². The summed E-state index contributed by atoms with van der Waals surface area (Å²) in [6, 6.07) is 0. The summed E-state index contributed by atoms with van der Waals surface area (Å²) >= 11 is 0. The molecule has 0 aromatic carbocycles. The summed E-state index contributed by atoms with van der Waals surface area (Å²) in [6.45, 7) is 4.33. The Balaban J connectivity index is 2.27. The number of aromatic amines is 1. The summed E-state index contributed by atoms with van der Waals surface area (Å²) in [6.07, 6.45) is 1.83. The number of hydrogen-bond donors (Lipinski definition) is 3. The van der Waals surface area contributed by atoms with E-state index in [2.05, 4.69) is 37.6 Å². The van der Waals surface area contributed by atoms with Crippen molar-refractivity contribution in [2.45, 2.75) is 26.3 Å². The summed E-state index contributed by atoms with van der Waals surface area (Å²) in [5, 5.41) is 16.2. The molecule has 0 aliphatic rings. The van der Waals surface area contributed by atoms with Crippen LogP contribution in [0.3, 0.4) is 0 Å². The predicted molar refractivity (Wildman–Crippen MR) is 70.3 cm³/mol. The number of nitrogens with one attached hydrogen (secondary N) is 3. The van der Waals surface area contributed by atoms with Gasteiger partial charge in [0.1, 0.15) is 0 Å². The largest absolute Gasteiger partial charge is 0.317 e. The average Bonchev–Trinajstić information content (AvgIpc) is 2.89. The fraction of sp³-hybridized carbons (Fsp3) is 0.889. The lowest BCUT2D eigenvalue weighted by Crippen LogP contribution is -2.39. The summed E-state index contributed by atoms with van der Waals surface area (Å²) in [4.78, 5) is 0. The smallest absolute Gasteiger partial charge is 0.279 e. The minimum atomic E-state index is -3.50. The number of rotatable bonds is 10. The fourth-order valence-electron chi connectivity index (χ4n) is 1.37. The Bertz CT molecular complexity index is 433. The monoisotopic (exact) mass is 291 g/mol. The Morgan fingerprint density at radius 2 is 2.16 bits per heavy atom. The van der Waals surface area contributed by atoms with E-state index in [1.807, 2.05) is 0 Å². The predicted octanol–water partition coefficient (Wildman–Crippen LogP) is -1.14. The first-order valence-electron chi connectivity index (χ1n) is 6.20. The highest BCUT2D eigenvalue weighted by Gasteiger charge is 2.17. The number of tetrazole rings is 1. The van der Waals surface area contributed by atoms with Crippen LogP contribution in [-0.4, -0.2) is 60.0 Å². The van der Waals surface area contributed by atoms with Gasteiger partial charge in [0.15, 0.2) is 5.82 Å². The molecule has 0 unspecified atom stereocenters. The molecule has 1 aromatic heterocycles. The first-order valence-corrected chi connectivity index (χ1v) is 7.64. The van der Waals surface area contributed by atoms with E-state index in [0.29, 0.717) is 12.4 Å². The van der Waals surface area contributed by atoms with Crippen molar-refractivity contribution in [1.82, 2.24) is 35.0 Å². The Labute approximate surface area is 113 Å². The molecule has 1 aromatic rings. The molecule has 1 heterocycles. The molecule has 19 heavy (non-hydrogen) atoms. The standard InChI is InChI=1S/C9H21N7O2S/c1-3-5-10-6-4-7-16(2)19(17,18)11-8-9-12-14-15-13-9/h10-11H,3-8H2,1-2H3,(H,12,13,14,15). The van der Waals surface area contributed by atoms with Crippen molar-refractivity contribution in [1.29, 1.82) is 0 Å². The lowest BCUT2D eigenvalue weighted by Gasteiger charge is -2.17. The van der Waals surface area contributed by atoms with Gasteiger partial charge in [-0.2, -0.15) is 22.7 Å². The van der Waals surface area contributed by atoms with Gasteiger partial charge in [-0.1, -0.05) is 12.1 Å². The van der Waals surface area contributed by atoms with Crippen molar-refractivity contribution in [2.24, 2.45) is 0 Å². The maximum absolute atomic E-state index is 11.9. The molecule has 0 aliphatic heterocycles. The normalized spacial score (nSPS) is 12.2. The summed E-state index contributed by atoms with van der Waals surface area (Å²) in [5.41, 5.74) is 0. The van der Waals surface area contributed by atoms with Crippen LogP contribution in [0.4, 0.5) is 0 Å². The van der Waals surface area contributed by atoms with Crippen LogP contribution in [-0.2, 0) is 16.8 Å². The van der Waals surface area contributed by atoms with Crippen LogP contribution in [0, 0.1) is 0 Å². The van der Waals surface area contributed by atoms with Gasteiger partial charge < -0.3 is 5.32 Å². The van der Waals surface area contributed by atoms with E-state index in [0.717, 1.165) is 25.9 Å². The van der Waals surface area contributed by atoms with Crippen LogP contribution >= 0.6 is 0 Å². The molecule has 0 saturated carbocycles. The van der Waals surface area contributed by atoms with Crippen LogP contribution in [0.25, 0.3) is 0 Å². The Kier molecular flexibility index (Phi) is 6.84. The molecule has 110 valence electrons. The van der Waals surface area contributed by atoms with Crippen molar-refractivity contribution in [2.75, 3.05) is 26.7 Å². The number of hydrogen-bond acceptors (Lipinski definition) is 6. The van der Waals surface area contributed by atoms with Gasteiger partial charge in [-0.15, -0.1) is 10.2 Å². The third-order valence-electron chi connectivity index (χ3n) is 2.47. The summed E-state index contributed by atoms with van der Waals surface area (Å²) in [5.74, 6) is 0.307. The molecule has 0 fully saturated rings. The zero-order chi connectivity index (χ0) is 14.1. The second-order valence-electron chi connectivity index (χ2n) is 4.08. The number of nitrogens with zero attached hydrogens (tertiary/aromatic N) is 4. The summed E-state index contributed by atoms with van der Waals surface area (Å²) < 4.78 is 27.4. The molecule has 0 aliphatic carbocycles. The number of aromatic nitrogens is 4. The third kappa shape index (κ3) is 6.05. The molecule has 0 radical (unpaired) electrons. The van der Waals surface area contributed by atoms with Crippen molar-refractivity contribution >= 4 is 10.2 Å². The van der Waals surface area contributed by atoms with Gasteiger partial charge in [-0.3, -0.25) is 0 Å². The maximum Gasteiger partial charge on any atom is 0.279 e. The van der Waals surface area contributed by atoms with Crippen LogP contribution in [0.1, 0.15) is 25.6 Å².